The molecule has 114 valence electrons. The minimum absolute atomic E-state index is 0.0109. The Kier molecular flexibility index (Phi) is 5.95. The van der Waals surface area contributed by atoms with E-state index in [9.17, 15) is 9.59 Å². The van der Waals surface area contributed by atoms with E-state index in [1.54, 1.807) is 6.07 Å². The number of piperazine rings is 1. The van der Waals surface area contributed by atoms with Crippen LogP contribution in [0.5, 0.6) is 0 Å². The summed E-state index contributed by atoms with van der Waals surface area (Å²) in [6, 6.07) is 7.30. The zero-order valence-corrected chi connectivity index (χ0v) is 14.1. The lowest BCUT2D eigenvalue weighted by molar-refractivity contribution is -0.884. The highest BCUT2D eigenvalue weighted by Crippen LogP contribution is 2.10. The zero-order valence-electron chi connectivity index (χ0n) is 12.0. The second-order valence-electron chi connectivity index (χ2n) is 5.14. The molecule has 0 radical (unpaired) electrons. The van der Waals surface area contributed by atoms with Crippen LogP contribution in [0.4, 0.5) is 0 Å². The highest BCUT2D eigenvalue weighted by molar-refractivity contribution is 14.1. The van der Waals surface area contributed by atoms with Crippen molar-refractivity contribution in [3.05, 3.63) is 33.4 Å². The number of carbonyl (C=O) groups excluding carboxylic acids is 2. The molecule has 1 aromatic carbocycles. The molecule has 0 spiro atoms. The molecule has 2 rings (SSSR count). The number of halogens is 1. The van der Waals surface area contributed by atoms with E-state index >= 15 is 0 Å². The molecule has 0 bridgehead atoms. The molecule has 2 amide bonds. The maximum absolute atomic E-state index is 12.0. The van der Waals surface area contributed by atoms with Crippen LogP contribution in [-0.4, -0.2) is 56.6 Å². The van der Waals surface area contributed by atoms with Gasteiger partial charge in [0, 0.05) is 3.57 Å². The summed E-state index contributed by atoms with van der Waals surface area (Å²) >= 11 is 2.11. The summed E-state index contributed by atoms with van der Waals surface area (Å²) in [6.45, 7) is 3.68. The number of hydrogen-bond donors (Lipinski definition) is 3. The number of hydrazine groups is 1. The molecule has 0 atom stereocenters. The fourth-order valence-corrected chi connectivity index (χ4v) is 2.75. The number of rotatable bonds is 4. The van der Waals surface area contributed by atoms with Crippen molar-refractivity contribution < 1.29 is 14.5 Å². The molecule has 6 nitrogen and oxygen atoms in total. The second-order valence-corrected chi connectivity index (χ2v) is 6.30. The Labute approximate surface area is 138 Å². The van der Waals surface area contributed by atoms with Gasteiger partial charge >= 0.3 is 0 Å². The number of likely N-dealkylation sites (N-methyl/N-ethyl adjacent to an activating group) is 1. The largest absolute Gasteiger partial charge is 0.343 e. The van der Waals surface area contributed by atoms with Crippen molar-refractivity contribution in [1.82, 2.24) is 15.8 Å². The Morgan fingerprint density at radius 1 is 1.29 bits per heavy atom. The predicted octanol–water partition coefficient (Wildman–Crippen LogP) is -1.12. The fraction of sp³-hybridized carbons (Fsp3) is 0.429. The van der Waals surface area contributed by atoms with Crippen LogP contribution in [-0.2, 0) is 4.79 Å². The molecule has 1 aromatic rings. The molecule has 0 aliphatic carbocycles. The topological polar surface area (TPSA) is 65.9 Å². The maximum atomic E-state index is 12.0. The van der Waals surface area contributed by atoms with E-state index in [1.807, 2.05) is 23.2 Å². The summed E-state index contributed by atoms with van der Waals surface area (Å²) in [5.74, 6) is -0.410. The first-order valence-corrected chi connectivity index (χ1v) is 8.02. The number of quaternary nitrogens is 1. The zero-order chi connectivity index (χ0) is 15.2. The third kappa shape index (κ3) is 4.94. The first kappa shape index (κ1) is 16.2. The fourth-order valence-electron chi connectivity index (χ4n) is 2.12. The summed E-state index contributed by atoms with van der Waals surface area (Å²) < 4.78 is 0.870. The van der Waals surface area contributed by atoms with Gasteiger partial charge in [0.1, 0.15) is 0 Å². The minimum Gasteiger partial charge on any atom is -0.343 e. The molecular weight excluding hydrogens is 383 g/mol. The highest BCUT2D eigenvalue weighted by Gasteiger charge is 2.18. The summed E-state index contributed by atoms with van der Waals surface area (Å²) in [5, 5.41) is 4.56. The van der Waals surface area contributed by atoms with Crippen molar-refractivity contribution in [3.8, 4) is 0 Å². The third-order valence-corrected chi connectivity index (χ3v) is 4.37. The number of benzene rings is 1. The Morgan fingerprint density at radius 2 is 1.95 bits per heavy atom. The standard InChI is InChI=1S/C14H19IN4O2/c1-18-6-8-19(9-7-18)17-13(20)10-16-14(21)11-4-2-3-5-12(11)15/h2-5H,6-10H2,1H3,(H,16,21)(H,17,20)/p+1. The second kappa shape index (κ2) is 7.71. The average molecular weight is 403 g/mol. The smallest absolute Gasteiger partial charge is 0.253 e. The quantitative estimate of drug-likeness (QED) is 0.559. The van der Waals surface area contributed by atoms with Gasteiger partial charge in [-0.1, -0.05) is 12.1 Å². The summed E-state index contributed by atoms with van der Waals surface area (Å²) in [6.07, 6.45) is 0. The molecule has 7 heteroatoms. The maximum Gasteiger partial charge on any atom is 0.253 e. The minimum atomic E-state index is -0.224. The van der Waals surface area contributed by atoms with Crippen molar-refractivity contribution >= 4 is 34.4 Å². The highest BCUT2D eigenvalue weighted by atomic mass is 127. The number of carbonyl (C=O) groups is 2. The first-order chi connectivity index (χ1) is 10.1. The van der Waals surface area contributed by atoms with E-state index in [1.165, 1.54) is 4.90 Å². The van der Waals surface area contributed by atoms with E-state index in [4.69, 9.17) is 0 Å². The van der Waals surface area contributed by atoms with Crippen molar-refractivity contribution in [2.24, 2.45) is 0 Å². The molecule has 1 saturated heterocycles. The van der Waals surface area contributed by atoms with Gasteiger partial charge in [-0.15, -0.1) is 0 Å². The van der Waals surface area contributed by atoms with E-state index in [0.29, 0.717) is 5.56 Å². The van der Waals surface area contributed by atoms with Crippen LogP contribution >= 0.6 is 22.6 Å². The van der Waals surface area contributed by atoms with Gasteiger partial charge in [-0.3, -0.25) is 15.0 Å². The van der Waals surface area contributed by atoms with Crippen LogP contribution in [0.1, 0.15) is 10.4 Å². The Balaban J connectivity index is 1.76. The molecular formula is C14H20IN4O2+. The Bertz CT molecular complexity index is 515. The van der Waals surface area contributed by atoms with Crippen molar-refractivity contribution in [1.29, 1.82) is 0 Å². The van der Waals surface area contributed by atoms with Gasteiger partial charge in [0.15, 0.2) is 0 Å². The molecule has 0 saturated carbocycles. The van der Waals surface area contributed by atoms with Crippen molar-refractivity contribution in [2.75, 3.05) is 39.8 Å². The number of amides is 2. The normalized spacial score (nSPS) is 16.5. The van der Waals surface area contributed by atoms with Gasteiger partial charge in [-0.25, -0.2) is 5.01 Å². The predicted molar refractivity (Wildman–Crippen MR) is 87.8 cm³/mol. The third-order valence-electron chi connectivity index (χ3n) is 3.43. The molecule has 21 heavy (non-hydrogen) atoms. The molecule has 3 N–H and O–H groups in total. The molecule has 1 heterocycles. The van der Waals surface area contributed by atoms with E-state index in [2.05, 4.69) is 40.4 Å². The van der Waals surface area contributed by atoms with Gasteiger partial charge < -0.3 is 10.2 Å². The lowest BCUT2D eigenvalue weighted by atomic mass is 10.2. The molecule has 1 aliphatic heterocycles. The Hall–Kier alpha value is -1.19. The first-order valence-electron chi connectivity index (χ1n) is 6.94. The van der Waals surface area contributed by atoms with Gasteiger partial charge in [-0.2, -0.15) is 0 Å². The van der Waals surface area contributed by atoms with Gasteiger partial charge in [0.2, 0.25) is 0 Å². The number of hydrogen-bond acceptors (Lipinski definition) is 3. The van der Waals surface area contributed by atoms with Crippen molar-refractivity contribution in [3.63, 3.8) is 0 Å². The van der Waals surface area contributed by atoms with Crippen LogP contribution in [0.15, 0.2) is 24.3 Å². The number of nitrogens with one attached hydrogen (secondary N) is 3. The molecule has 1 fully saturated rings. The van der Waals surface area contributed by atoms with Crippen LogP contribution in [0, 0.1) is 3.57 Å². The van der Waals surface area contributed by atoms with E-state index in [0.717, 1.165) is 29.7 Å². The summed E-state index contributed by atoms with van der Waals surface area (Å²) in [7, 11) is 2.14. The van der Waals surface area contributed by atoms with E-state index < -0.39 is 0 Å². The average Bonchev–Trinajstić information content (AvgIpc) is 2.48. The number of nitrogens with zero attached hydrogens (tertiary/aromatic N) is 1. The van der Waals surface area contributed by atoms with Crippen molar-refractivity contribution in [2.45, 2.75) is 0 Å². The van der Waals surface area contributed by atoms with Crippen LogP contribution < -0.4 is 15.6 Å². The lowest BCUT2D eigenvalue weighted by Gasteiger charge is -2.30. The molecule has 1 aliphatic rings. The van der Waals surface area contributed by atoms with Crippen LogP contribution in [0.3, 0.4) is 0 Å². The van der Waals surface area contributed by atoms with E-state index in [-0.39, 0.29) is 18.4 Å². The molecule has 0 unspecified atom stereocenters. The lowest BCUT2D eigenvalue weighted by Crippen LogP contribution is -3.12. The van der Waals surface area contributed by atoms with Gasteiger partial charge in [0.05, 0.1) is 45.3 Å². The van der Waals surface area contributed by atoms with Gasteiger partial charge in [0.25, 0.3) is 11.8 Å². The Morgan fingerprint density at radius 3 is 2.62 bits per heavy atom. The van der Waals surface area contributed by atoms with Crippen LogP contribution in [0.25, 0.3) is 0 Å². The summed E-state index contributed by atoms with van der Waals surface area (Å²) in [5.41, 5.74) is 3.42. The molecule has 0 aromatic heterocycles. The monoisotopic (exact) mass is 403 g/mol. The van der Waals surface area contributed by atoms with Crippen LogP contribution in [0.2, 0.25) is 0 Å². The van der Waals surface area contributed by atoms with Gasteiger partial charge in [-0.05, 0) is 34.7 Å². The summed E-state index contributed by atoms with van der Waals surface area (Å²) in [4.78, 5) is 25.3. The SMILES string of the molecule is C[NH+]1CCN(NC(=O)CNC(=O)c2ccccc2I)CC1.